The summed E-state index contributed by atoms with van der Waals surface area (Å²) in [6.07, 6.45) is 1.96. The van der Waals surface area contributed by atoms with Crippen molar-refractivity contribution in [2.75, 3.05) is 19.5 Å². The molecule has 0 aliphatic rings. The van der Waals surface area contributed by atoms with Gasteiger partial charge < -0.3 is 9.47 Å². The number of esters is 1. The SMILES string of the molecule is CCCCOC(=O)CSc1ccccc1OC. The largest absolute Gasteiger partial charge is 0.496 e. The fourth-order valence-electron chi connectivity index (χ4n) is 1.25. The highest BCUT2D eigenvalue weighted by Gasteiger charge is 2.07. The maximum Gasteiger partial charge on any atom is 0.316 e. The van der Waals surface area contributed by atoms with E-state index in [1.165, 1.54) is 11.8 Å². The first-order valence-corrected chi connectivity index (χ1v) is 6.68. The highest BCUT2D eigenvalue weighted by atomic mass is 32.2. The second-order valence-corrected chi connectivity index (χ2v) is 4.53. The lowest BCUT2D eigenvalue weighted by Gasteiger charge is -2.07. The van der Waals surface area contributed by atoms with Crippen molar-refractivity contribution in [3.05, 3.63) is 24.3 Å². The molecule has 3 nitrogen and oxygen atoms in total. The number of benzene rings is 1. The van der Waals surface area contributed by atoms with Gasteiger partial charge in [0.25, 0.3) is 0 Å². The van der Waals surface area contributed by atoms with E-state index in [1.807, 2.05) is 24.3 Å². The minimum absolute atomic E-state index is 0.172. The summed E-state index contributed by atoms with van der Waals surface area (Å²) < 4.78 is 10.3. The van der Waals surface area contributed by atoms with Crippen LogP contribution in [0.15, 0.2) is 29.2 Å². The molecule has 0 bridgehead atoms. The van der Waals surface area contributed by atoms with Crippen molar-refractivity contribution in [2.24, 2.45) is 0 Å². The van der Waals surface area contributed by atoms with Gasteiger partial charge in [0.2, 0.25) is 0 Å². The standard InChI is InChI=1S/C13H18O3S/c1-3-4-9-16-13(14)10-17-12-8-6-5-7-11(12)15-2/h5-8H,3-4,9-10H2,1-2H3. The number of ether oxygens (including phenoxy) is 2. The molecule has 0 saturated heterocycles. The summed E-state index contributed by atoms with van der Waals surface area (Å²) >= 11 is 1.44. The number of carbonyl (C=O) groups is 1. The maximum absolute atomic E-state index is 11.4. The zero-order valence-corrected chi connectivity index (χ0v) is 11.1. The molecule has 0 heterocycles. The molecule has 0 aliphatic heterocycles. The summed E-state index contributed by atoms with van der Waals surface area (Å²) in [6.45, 7) is 2.58. The summed E-state index contributed by atoms with van der Waals surface area (Å²) in [5.41, 5.74) is 0. The average molecular weight is 254 g/mol. The maximum atomic E-state index is 11.4. The number of unbranched alkanes of at least 4 members (excludes halogenated alkanes) is 1. The van der Waals surface area contributed by atoms with E-state index in [9.17, 15) is 4.79 Å². The highest BCUT2D eigenvalue weighted by Crippen LogP contribution is 2.28. The zero-order chi connectivity index (χ0) is 12.5. The second-order valence-electron chi connectivity index (χ2n) is 3.51. The molecule has 0 aliphatic carbocycles. The Morgan fingerprint density at radius 1 is 1.35 bits per heavy atom. The number of hydrogen-bond donors (Lipinski definition) is 0. The van der Waals surface area contributed by atoms with Gasteiger partial charge in [-0.15, -0.1) is 11.8 Å². The minimum atomic E-state index is -0.172. The van der Waals surface area contributed by atoms with Crippen LogP contribution in [0.1, 0.15) is 19.8 Å². The molecule has 4 heteroatoms. The molecular formula is C13H18O3S. The fourth-order valence-corrected chi connectivity index (χ4v) is 2.07. The monoisotopic (exact) mass is 254 g/mol. The Morgan fingerprint density at radius 2 is 2.12 bits per heavy atom. The molecule has 0 spiro atoms. The summed E-state index contributed by atoms with van der Waals surface area (Å²) in [4.78, 5) is 12.4. The van der Waals surface area contributed by atoms with Crippen LogP contribution in [-0.4, -0.2) is 25.4 Å². The molecule has 0 fully saturated rings. The third-order valence-electron chi connectivity index (χ3n) is 2.18. The van der Waals surface area contributed by atoms with E-state index < -0.39 is 0 Å². The lowest BCUT2D eigenvalue weighted by molar-refractivity contribution is -0.140. The van der Waals surface area contributed by atoms with E-state index >= 15 is 0 Å². The quantitative estimate of drug-likeness (QED) is 0.425. The van der Waals surface area contributed by atoms with E-state index in [-0.39, 0.29) is 5.97 Å². The van der Waals surface area contributed by atoms with Gasteiger partial charge in [0.05, 0.1) is 19.5 Å². The molecule has 17 heavy (non-hydrogen) atoms. The fraction of sp³-hybridized carbons (Fsp3) is 0.462. The second kappa shape index (κ2) is 8.01. The molecule has 1 aromatic carbocycles. The number of thioether (sulfide) groups is 1. The van der Waals surface area contributed by atoms with Crippen LogP contribution in [0.4, 0.5) is 0 Å². The van der Waals surface area contributed by atoms with Crippen LogP contribution in [0.2, 0.25) is 0 Å². The molecule has 0 saturated carbocycles. The highest BCUT2D eigenvalue weighted by molar-refractivity contribution is 8.00. The van der Waals surface area contributed by atoms with Crippen molar-refractivity contribution in [3.63, 3.8) is 0 Å². The van der Waals surface area contributed by atoms with Crippen LogP contribution < -0.4 is 4.74 Å². The molecule has 0 unspecified atom stereocenters. The van der Waals surface area contributed by atoms with Crippen molar-refractivity contribution in [1.82, 2.24) is 0 Å². The average Bonchev–Trinajstić information content (AvgIpc) is 2.37. The van der Waals surface area contributed by atoms with Gasteiger partial charge in [0.15, 0.2) is 0 Å². The lowest BCUT2D eigenvalue weighted by atomic mass is 10.3. The van der Waals surface area contributed by atoms with Gasteiger partial charge in [-0.3, -0.25) is 4.79 Å². The third-order valence-corrected chi connectivity index (χ3v) is 3.20. The lowest BCUT2D eigenvalue weighted by Crippen LogP contribution is -2.08. The number of carbonyl (C=O) groups excluding carboxylic acids is 1. The van der Waals surface area contributed by atoms with Crippen molar-refractivity contribution in [1.29, 1.82) is 0 Å². The van der Waals surface area contributed by atoms with Gasteiger partial charge >= 0.3 is 5.97 Å². The first-order valence-electron chi connectivity index (χ1n) is 5.69. The van der Waals surface area contributed by atoms with Crippen LogP contribution in [0.3, 0.4) is 0 Å². The van der Waals surface area contributed by atoms with Crippen molar-refractivity contribution in [3.8, 4) is 5.75 Å². The molecule has 0 aromatic heterocycles. The molecule has 0 radical (unpaired) electrons. The van der Waals surface area contributed by atoms with Crippen LogP contribution in [0.25, 0.3) is 0 Å². The first kappa shape index (κ1) is 13.9. The first-order chi connectivity index (χ1) is 8.27. The number of rotatable bonds is 7. The van der Waals surface area contributed by atoms with Gasteiger partial charge in [-0.2, -0.15) is 0 Å². The minimum Gasteiger partial charge on any atom is -0.496 e. The predicted molar refractivity (Wildman–Crippen MR) is 69.6 cm³/mol. The van der Waals surface area contributed by atoms with Crippen LogP contribution in [0, 0.1) is 0 Å². The zero-order valence-electron chi connectivity index (χ0n) is 10.3. The van der Waals surface area contributed by atoms with Gasteiger partial charge in [0.1, 0.15) is 5.75 Å². The Morgan fingerprint density at radius 3 is 2.82 bits per heavy atom. The summed E-state index contributed by atoms with van der Waals surface area (Å²) in [5.74, 6) is 0.942. The van der Waals surface area contributed by atoms with Crippen LogP contribution in [-0.2, 0) is 9.53 Å². The smallest absolute Gasteiger partial charge is 0.316 e. The predicted octanol–water partition coefficient (Wildman–Crippen LogP) is 3.13. The Balaban J connectivity index is 2.36. The Kier molecular flexibility index (Phi) is 6.55. The van der Waals surface area contributed by atoms with E-state index in [4.69, 9.17) is 9.47 Å². The Labute approximate surface area is 106 Å². The summed E-state index contributed by atoms with van der Waals surface area (Å²) in [5, 5.41) is 0. The molecule has 1 rings (SSSR count). The Bertz CT molecular complexity index is 352. The van der Waals surface area contributed by atoms with Crippen molar-refractivity contribution in [2.45, 2.75) is 24.7 Å². The molecule has 94 valence electrons. The van der Waals surface area contributed by atoms with Gasteiger partial charge in [-0.05, 0) is 18.6 Å². The number of hydrogen-bond acceptors (Lipinski definition) is 4. The van der Waals surface area contributed by atoms with Gasteiger partial charge in [0, 0.05) is 4.90 Å². The third kappa shape index (κ3) is 5.13. The van der Waals surface area contributed by atoms with Crippen molar-refractivity contribution < 1.29 is 14.3 Å². The van der Waals surface area contributed by atoms with Crippen LogP contribution >= 0.6 is 11.8 Å². The molecule has 1 aromatic rings. The molecule has 0 atom stereocenters. The normalized spacial score (nSPS) is 10.0. The van der Waals surface area contributed by atoms with Gasteiger partial charge in [-0.25, -0.2) is 0 Å². The molecule has 0 amide bonds. The molecule has 0 N–H and O–H groups in total. The van der Waals surface area contributed by atoms with E-state index in [2.05, 4.69) is 6.92 Å². The summed E-state index contributed by atoms with van der Waals surface area (Å²) in [7, 11) is 1.62. The van der Waals surface area contributed by atoms with Gasteiger partial charge in [-0.1, -0.05) is 25.5 Å². The number of methoxy groups -OCH3 is 1. The summed E-state index contributed by atoms with van der Waals surface area (Å²) in [6, 6.07) is 7.64. The van der Waals surface area contributed by atoms with E-state index in [0.29, 0.717) is 12.4 Å². The van der Waals surface area contributed by atoms with E-state index in [1.54, 1.807) is 7.11 Å². The number of para-hydroxylation sites is 1. The topological polar surface area (TPSA) is 35.5 Å². The van der Waals surface area contributed by atoms with Crippen LogP contribution in [0.5, 0.6) is 5.75 Å². The van der Waals surface area contributed by atoms with E-state index in [0.717, 1.165) is 23.5 Å². The molecular weight excluding hydrogens is 236 g/mol. The Hall–Kier alpha value is -1.16. The van der Waals surface area contributed by atoms with Crippen molar-refractivity contribution >= 4 is 17.7 Å².